The summed E-state index contributed by atoms with van der Waals surface area (Å²) in [7, 11) is 0. The van der Waals surface area contributed by atoms with E-state index in [1.165, 1.54) is 0 Å². The molecule has 0 aliphatic carbocycles. The van der Waals surface area contributed by atoms with E-state index in [2.05, 4.69) is 29.2 Å². The highest BCUT2D eigenvalue weighted by atomic mass is 15.3. The van der Waals surface area contributed by atoms with Crippen molar-refractivity contribution in [3.8, 4) is 5.82 Å². The molecule has 17 heavy (non-hydrogen) atoms. The van der Waals surface area contributed by atoms with Gasteiger partial charge in [-0.25, -0.2) is 9.67 Å². The van der Waals surface area contributed by atoms with Crippen LogP contribution in [-0.4, -0.2) is 20.8 Å². The fourth-order valence-corrected chi connectivity index (χ4v) is 1.80. The van der Waals surface area contributed by atoms with Gasteiger partial charge >= 0.3 is 0 Å². The van der Waals surface area contributed by atoms with Crippen LogP contribution in [0.2, 0.25) is 0 Å². The minimum absolute atomic E-state index is 0.480. The summed E-state index contributed by atoms with van der Waals surface area (Å²) in [4.78, 5) is 4.38. The third kappa shape index (κ3) is 2.64. The molecular formula is C13H18N4. The standard InChI is InChI=1S/C13H18N4/c1-3-11(4-2)16-12-7-5-8-14-13(12)17-10-6-9-15-17/h5-11,16H,3-4H2,1-2H3. The molecule has 2 aromatic heterocycles. The van der Waals surface area contributed by atoms with Gasteiger partial charge in [0.2, 0.25) is 0 Å². The number of nitrogens with one attached hydrogen (secondary N) is 1. The van der Waals surface area contributed by atoms with Gasteiger partial charge in [0.25, 0.3) is 0 Å². The highest BCUT2D eigenvalue weighted by molar-refractivity contribution is 5.56. The normalized spacial score (nSPS) is 10.8. The summed E-state index contributed by atoms with van der Waals surface area (Å²) in [5.41, 5.74) is 1.03. The molecule has 2 aromatic rings. The summed E-state index contributed by atoms with van der Waals surface area (Å²) in [6, 6.07) is 6.36. The maximum absolute atomic E-state index is 4.38. The predicted octanol–water partition coefficient (Wildman–Crippen LogP) is 2.87. The van der Waals surface area contributed by atoms with Crippen molar-refractivity contribution in [3.63, 3.8) is 0 Å². The molecule has 0 atom stereocenters. The molecule has 0 saturated carbocycles. The van der Waals surface area contributed by atoms with Crippen LogP contribution >= 0.6 is 0 Å². The molecule has 4 nitrogen and oxygen atoms in total. The SMILES string of the molecule is CCC(CC)Nc1cccnc1-n1cccn1. The van der Waals surface area contributed by atoms with Crippen molar-refractivity contribution in [2.24, 2.45) is 0 Å². The molecule has 0 radical (unpaired) electrons. The number of hydrogen-bond acceptors (Lipinski definition) is 3. The van der Waals surface area contributed by atoms with Crippen molar-refractivity contribution in [2.75, 3.05) is 5.32 Å². The van der Waals surface area contributed by atoms with E-state index in [-0.39, 0.29) is 0 Å². The Labute approximate surface area is 102 Å². The lowest BCUT2D eigenvalue weighted by Crippen LogP contribution is -2.18. The van der Waals surface area contributed by atoms with Gasteiger partial charge in [-0.15, -0.1) is 0 Å². The van der Waals surface area contributed by atoms with Crippen LogP contribution in [0.4, 0.5) is 5.69 Å². The van der Waals surface area contributed by atoms with Crippen molar-refractivity contribution in [1.82, 2.24) is 14.8 Å². The lowest BCUT2D eigenvalue weighted by Gasteiger charge is -2.18. The van der Waals surface area contributed by atoms with Crippen LogP contribution in [-0.2, 0) is 0 Å². The summed E-state index contributed by atoms with van der Waals surface area (Å²) < 4.78 is 1.78. The first-order valence-electron chi connectivity index (χ1n) is 6.06. The lowest BCUT2D eigenvalue weighted by molar-refractivity contribution is 0.669. The Morgan fingerprint density at radius 2 is 2.06 bits per heavy atom. The molecule has 1 N–H and O–H groups in total. The van der Waals surface area contributed by atoms with Gasteiger partial charge < -0.3 is 5.32 Å². The van der Waals surface area contributed by atoms with E-state index in [1.807, 2.05) is 24.4 Å². The Morgan fingerprint density at radius 1 is 1.24 bits per heavy atom. The monoisotopic (exact) mass is 230 g/mol. The summed E-state index contributed by atoms with van der Waals surface area (Å²) in [5, 5.41) is 7.73. The topological polar surface area (TPSA) is 42.7 Å². The van der Waals surface area contributed by atoms with Crippen LogP contribution in [0.1, 0.15) is 26.7 Å². The molecule has 0 unspecified atom stereocenters. The Morgan fingerprint density at radius 3 is 2.71 bits per heavy atom. The van der Waals surface area contributed by atoms with Crippen LogP contribution < -0.4 is 5.32 Å². The van der Waals surface area contributed by atoms with E-state index in [0.717, 1.165) is 24.3 Å². The minimum atomic E-state index is 0.480. The molecule has 0 spiro atoms. The van der Waals surface area contributed by atoms with Crippen LogP contribution in [0.15, 0.2) is 36.8 Å². The van der Waals surface area contributed by atoms with Crippen molar-refractivity contribution in [2.45, 2.75) is 32.7 Å². The molecule has 0 aliphatic rings. The van der Waals surface area contributed by atoms with Crippen LogP contribution in [0.25, 0.3) is 5.82 Å². The number of anilines is 1. The highest BCUT2D eigenvalue weighted by Gasteiger charge is 2.09. The number of aromatic nitrogens is 3. The highest BCUT2D eigenvalue weighted by Crippen LogP contribution is 2.18. The van der Waals surface area contributed by atoms with E-state index in [0.29, 0.717) is 6.04 Å². The maximum Gasteiger partial charge on any atom is 0.176 e. The molecule has 0 bridgehead atoms. The van der Waals surface area contributed by atoms with Gasteiger partial charge in [0.15, 0.2) is 5.82 Å². The first kappa shape index (κ1) is 11.6. The van der Waals surface area contributed by atoms with Gasteiger partial charge in [-0.3, -0.25) is 0 Å². The molecule has 2 heterocycles. The third-order valence-electron chi connectivity index (χ3n) is 2.85. The summed E-state index contributed by atoms with van der Waals surface area (Å²) in [5.74, 6) is 0.851. The van der Waals surface area contributed by atoms with Crippen molar-refractivity contribution in [3.05, 3.63) is 36.8 Å². The van der Waals surface area contributed by atoms with Gasteiger partial charge in [-0.2, -0.15) is 5.10 Å². The van der Waals surface area contributed by atoms with Crippen LogP contribution in [0.5, 0.6) is 0 Å². The van der Waals surface area contributed by atoms with Gasteiger partial charge in [0.1, 0.15) is 0 Å². The zero-order valence-electron chi connectivity index (χ0n) is 10.3. The first-order chi connectivity index (χ1) is 8.35. The molecule has 0 saturated heterocycles. The van der Waals surface area contributed by atoms with E-state index in [9.17, 15) is 0 Å². The number of hydrogen-bond donors (Lipinski definition) is 1. The second-order valence-electron chi connectivity index (χ2n) is 3.98. The second kappa shape index (κ2) is 5.48. The zero-order chi connectivity index (χ0) is 12.1. The van der Waals surface area contributed by atoms with Crippen molar-refractivity contribution >= 4 is 5.69 Å². The first-order valence-corrected chi connectivity index (χ1v) is 6.06. The molecule has 90 valence electrons. The number of pyridine rings is 1. The lowest BCUT2D eigenvalue weighted by atomic mass is 10.1. The number of nitrogens with zero attached hydrogens (tertiary/aromatic N) is 3. The average molecular weight is 230 g/mol. The Hall–Kier alpha value is -1.84. The van der Waals surface area contributed by atoms with Gasteiger partial charge in [0.05, 0.1) is 5.69 Å². The molecule has 0 amide bonds. The van der Waals surface area contributed by atoms with E-state index >= 15 is 0 Å². The van der Waals surface area contributed by atoms with Gasteiger partial charge in [0, 0.05) is 24.6 Å². The smallest absolute Gasteiger partial charge is 0.176 e. The molecule has 4 heteroatoms. The quantitative estimate of drug-likeness (QED) is 0.858. The minimum Gasteiger partial charge on any atom is -0.379 e. The van der Waals surface area contributed by atoms with Gasteiger partial charge in [-0.1, -0.05) is 13.8 Å². The Bertz CT molecular complexity index is 446. The summed E-state index contributed by atoms with van der Waals surface area (Å²) in [6.07, 6.45) is 7.65. The van der Waals surface area contributed by atoms with E-state index < -0.39 is 0 Å². The van der Waals surface area contributed by atoms with Gasteiger partial charge in [-0.05, 0) is 31.0 Å². The fourth-order valence-electron chi connectivity index (χ4n) is 1.80. The van der Waals surface area contributed by atoms with Crippen LogP contribution in [0.3, 0.4) is 0 Å². The maximum atomic E-state index is 4.38. The third-order valence-corrected chi connectivity index (χ3v) is 2.85. The van der Waals surface area contributed by atoms with Crippen molar-refractivity contribution < 1.29 is 0 Å². The van der Waals surface area contributed by atoms with E-state index in [1.54, 1.807) is 17.1 Å². The second-order valence-corrected chi connectivity index (χ2v) is 3.98. The van der Waals surface area contributed by atoms with Crippen molar-refractivity contribution in [1.29, 1.82) is 0 Å². The molecule has 0 aromatic carbocycles. The summed E-state index contributed by atoms with van der Waals surface area (Å²) in [6.45, 7) is 4.37. The molecule has 0 aliphatic heterocycles. The molecule has 2 rings (SSSR count). The fraction of sp³-hybridized carbons (Fsp3) is 0.385. The Balaban J connectivity index is 2.28. The Kier molecular flexibility index (Phi) is 3.75. The number of rotatable bonds is 5. The predicted molar refractivity (Wildman–Crippen MR) is 69.4 cm³/mol. The zero-order valence-corrected chi connectivity index (χ0v) is 10.3. The summed E-state index contributed by atoms with van der Waals surface area (Å²) >= 11 is 0. The van der Waals surface area contributed by atoms with Crippen LogP contribution in [0, 0.1) is 0 Å². The molecular weight excluding hydrogens is 212 g/mol. The average Bonchev–Trinajstić information content (AvgIpc) is 2.90. The largest absolute Gasteiger partial charge is 0.379 e. The van der Waals surface area contributed by atoms with E-state index in [4.69, 9.17) is 0 Å². The molecule has 0 fully saturated rings.